The zero-order valence-corrected chi connectivity index (χ0v) is 9.36. The molecule has 1 atom stereocenters. The van der Waals surface area contributed by atoms with Crippen LogP contribution in [0.15, 0.2) is 18.3 Å². The number of hydrogen-bond acceptors (Lipinski definition) is 3. The van der Waals surface area contributed by atoms with Crippen LogP contribution in [-0.2, 0) is 0 Å². The van der Waals surface area contributed by atoms with Gasteiger partial charge >= 0.3 is 0 Å². The molecule has 1 aromatic rings. The average molecular weight is 201 g/mol. The Morgan fingerprint density at radius 3 is 2.60 bits per heavy atom. The van der Waals surface area contributed by atoms with Crippen LogP contribution in [0.1, 0.15) is 44.4 Å². The SMILES string of the molecule is CC.CC(CC#N)c1ccnc(C#N)c1. The van der Waals surface area contributed by atoms with Crippen molar-refractivity contribution < 1.29 is 0 Å². The van der Waals surface area contributed by atoms with Crippen LogP contribution in [0.5, 0.6) is 0 Å². The number of nitriles is 2. The van der Waals surface area contributed by atoms with Gasteiger partial charge in [-0.25, -0.2) is 4.98 Å². The van der Waals surface area contributed by atoms with E-state index in [0.29, 0.717) is 12.1 Å². The molecule has 0 aromatic carbocycles. The van der Waals surface area contributed by atoms with E-state index in [1.165, 1.54) is 0 Å². The van der Waals surface area contributed by atoms with Gasteiger partial charge < -0.3 is 0 Å². The largest absolute Gasteiger partial charge is 0.246 e. The highest BCUT2D eigenvalue weighted by molar-refractivity contribution is 5.27. The molecular weight excluding hydrogens is 186 g/mol. The Morgan fingerprint density at radius 2 is 2.07 bits per heavy atom. The molecule has 0 fully saturated rings. The van der Waals surface area contributed by atoms with Gasteiger partial charge in [0.15, 0.2) is 0 Å². The molecule has 0 aliphatic heterocycles. The monoisotopic (exact) mass is 201 g/mol. The van der Waals surface area contributed by atoms with Gasteiger partial charge in [0.1, 0.15) is 11.8 Å². The predicted molar refractivity (Wildman–Crippen MR) is 58.9 cm³/mol. The van der Waals surface area contributed by atoms with E-state index in [9.17, 15) is 0 Å². The summed E-state index contributed by atoms with van der Waals surface area (Å²) in [5.74, 6) is 0.167. The fraction of sp³-hybridized carbons (Fsp3) is 0.417. The summed E-state index contributed by atoms with van der Waals surface area (Å²) in [6.45, 7) is 5.96. The molecule has 1 heterocycles. The first-order valence-corrected chi connectivity index (χ1v) is 5.01. The van der Waals surface area contributed by atoms with Crippen LogP contribution < -0.4 is 0 Å². The molecule has 15 heavy (non-hydrogen) atoms. The van der Waals surface area contributed by atoms with Crippen LogP contribution in [0.4, 0.5) is 0 Å². The molecule has 78 valence electrons. The Labute approximate surface area is 91.0 Å². The molecule has 3 nitrogen and oxygen atoms in total. The van der Waals surface area contributed by atoms with Crippen molar-refractivity contribution in [3.05, 3.63) is 29.6 Å². The summed E-state index contributed by atoms with van der Waals surface area (Å²) in [6.07, 6.45) is 2.07. The Kier molecular flexibility index (Phi) is 6.59. The second kappa shape index (κ2) is 7.53. The predicted octanol–water partition coefficient (Wildman–Crippen LogP) is 3.00. The molecule has 0 saturated carbocycles. The topological polar surface area (TPSA) is 60.5 Å². The third kappa shape index (κ3) is 4.24. The molecule has 0 saturated heterocycles. The molecule has 0 aliphatic rings. The smallest absolute Gasteiger partial charge is 0.140 e. The van der Waals surface area contributed by atoms with Crippen LogP contribution in [0.25, 0.3) is 0 Å². The lowest BCUT2D eigenvalue weighted by Crippen LogP contribution is -1.93. The number of nitrogens with zero attached hydrogens (tertiary/aromatic N) is 3. The number of rotatable bonds is 2. The maximum absolute atomic E-state index is 8.60. The molecule has 0 N–H and O–H groups in total. The van der Waals surface area contributed by atoms with Crippen molar-refractivity contribution in [1.29, 1.82) is 10.5 Å². The van der Waals surface area contributed by atoms with Gasteiger partial charge in [-0.3, -0.25) is 0 Å². The summed E-state index contributed by atoms with van der Waals surface area (Å²) >= 11 is 0. The molecule has 0 amide bonds. The van der Waals surface area contributed by atoms with E-state index < -0.39 is 0 Å². The van der Waals surface area contributed by atoms with Crippen molar-refractivity contribution in [2.24, 2.45) is 0 Å². The summed E-state index contributed by atoms with van der Waals surface area (Å²) in [5, 5.41) is 17.1. The summed E-state index contributed by atoms with van der Waals surface area (Å²) in [6, 6.07) is 7.63. The van der Waals surface area contributed by atoms with E-state index in [2.05, 4.69) is 11.1 Å². The Hall–Kier alpha value is -1.87. The second-order valence-corrected chi connectivity index (χ2v) is 2.85. The van der Waals surface area contributed by atoms with Crippen molar-refractivity contribution in [2.75, 3.05) is 0 Å². The highest BCUT2D eigenvalue weighted by Crippen LogP contribution is 2.17. The highest BCUT2D eigenvalue weighted by atomic mass is 14.7. The second-order valence-electron chi connectivity index (χ2n) is 2.85. The van der Waals surface area contributed by atoms with Crippen molar-refractivity contribution in [3.63, 3.8) is 0 Å². The van der Waals surface area contributed by atoms with Gasteiger partial charge in [-0.15, -0.1) is 0 Å². The van der Waals surface area contributed by atoms with Crippen molar-refractivity contribution in [1.82, 2.24) is 4.98 Å². The molecule has 1 unspecified atom stereocenters. The minimum absolute atomic E-state index is 0.167. The third-order valence-electron chi connectivity index (χ3n) is 1.87. The maximum Gasteiger partial charge on any atom is 0.140 e. The van der Waals surface area contributed by atoms with Gasteiger partial charge in [0.05, 0.1) is 6.07 Å². The minimum atomic E-state index is 0.167. The highest BCUT2D eigenvalue weighted by Gasteiger charge is 2.05. The van der Waals surface area contributed by atoms with Gasteiger partial charge in [0.25, 0.3) is 0 Å². The van der Waals surface area contributed by atoms with E-state index in [-0.39, 0.29) is 5.92 Å². The molecule has 0 radical (unpaired) electrons. The van der Waals surface area contributed by atoms with Crippen LogP contribution >= 0.6 is 0 Å². The maximum atomic E-state index is 8.60. The lowest BCUT2D eigenvalue weighted by molar-refractivity contribution is 0.786. The van der Waals surface area contributed by atoms with Crippen LogP contribution in [0.2, 0.25) is 0 Å². The lowest BCUT2D eigenvalue weighted by Gasteiger charge is -2.06. The number of aromatic nitrogens is 1. The normalized spacial score (nSPS) is 10.2. The fourth-order valence-corrected chi connectivity index (χ4v) is 1.07. The van der Waals surface area contributed by atoms with Crippen molar-refractivity contribution >= 4 is 0 Å². The Bertz CT molecular complexity index is 371. The van der Waals surface area contributed by atoms with Gasteiger partial charge in [0, 0.05) is 12.6 Å². The Morgan fingerprint density at radius 1 is 1.40 bits per heavy atom. The molecule has 0 bridgehead atoms. The van der Waals surface area contributed by atoms with Crippen molar-refractivity contribution in [2.45, 2.75) is 33.1 Å². The van der Waals surface area contributed by atoms with E-state index in [4.69, 9.17) is 10.5 Å². The summed E-state index contributed by atoms with van der Waals surface area (Å²) in [5.41, 5.74) is 1.40. The first kappa shape index (κ1) is 13.1. The van der Waals surface area contributed by atoms with Crippen LogP contribution in [0, 0.1) is 22.7 Å². The standard InChI is InChI=1S/C10H9N3.C2H6/c1-8(2-4-11)9-3-5-13-10(6-9)7-12;1-2/h3,5-6,8H,2H2,1H3;1-2H3. The zero-order valence-electron chi connectivity index (χ0n) is 9.36. The first-order valence-electron chi connectivity index (χ1n) is 5.01. The Balaban J connectivity index is 0.000000921. The molecule has 3 heteroatoms. The van der Waals surface area contributed by atoms with E-state index >= 15 is 0 Å². The van der Waals surface area contributed by atoms with Gasteiger partial charge in [-0.1, -0.05) is 20.8 Å². The average Bonchev–Trinajstić information content (AvgIpc) is 2.32. The van der Waals surface area contributed by atoms with Gasteiger partial charge in [0.2, 0.25) is 0 Å². The zero-order chi connectivity index (χ0) is 11.7. The van der Waals surface area contributed by atoms with E-state index in [0.717, 1.165) is 5.56 Å². The fourth-order valence-electron chi connectivity index (χ4n) is 1.07. The first-order chi connectivity index (χ1) is 7.27. The third-order valence-corrected chi connectivity index (χ3v) is 1.87. The van der Waals surface area contributed by atoms with Gasteiger partial charge in [-0.2, -0.15) is 10.5 Å². The summed E-state index contributed by atoms with van der Waals surface area (Å²) < 4.78 is 0. The van der Waals surface area contributed by atoms with Gasteiger partial charge in [-0.05, 0) is 23.6 Å². The van der Waals surface area contributed by atoms with E-state index in [1.54, 1.807) is 12.3 Å². The molecule has 0 aliphatic carbocycles. The molecule has 0 spiro atoms. The summed E-state index contributed by atoms with van der Waals surface area (Å²) in [4.78, 5) is 3.86. The number of pyridine rings is 1. The lowest BCUT2D eigenvalue weighted by atomic mass is 9.99. The number of hydrogen-bond donors (Lipinski definition) is 0. The van der Waals surface area contributed by atoms with Crippen LogP contribution in [0.3, 0.4) is 0 Å². The van der Waals surface area contributed by atoms with Crippen molar-refractivity contribution in [3.8, 4) is 12.1 Å². The van der Waals surface area contributed by atoms with Crippen LogP contribution in [-0.4, -0.2) is 4.98 Å². The minimum Gasteiger partial charge on any atom is -0.246 e. The molecular formula is C12H15N3. The summed E-state index contributed by atoms with van der Waals surface area (Å²) in [7, 11) is 0. The van der Waals surface area contributed by atoms with E-state index in [1.807, 2.05) is 32.9 Å². The molecule has 1 rings (SSSR count). The molecule has 1 aromatic heterocycles. The quantitative estimate of drug-likeness (QED) is 0.739.